The number of halogens is 1. The molecule has 5 heteroatoms. The number of hydrogen-bond acceptors (Lipinski definition) is 3. The maximum Gasteiger partial charge on any atom is 0.233 e. The van der Waals surface area contributed by atoms with Crippen molar-refractivity contribution < 1.29 is 14.0 Å². The predicted octanol–water partition coefficient (Wildman–Crippen LogP) is 1.43. The van der Waals surface area contributed by atoms with Crippen LogP contribution in [-0.2, 0) is 22.7 Å². The molecule has 1 aromatic carbocycles. The number of carbonyl (C=O) groups excluding carboxylic acids is 2. The Bertz CT molecular complexity index is 510. The number of nitrogens with two attached hydrogens (primary N) is 1. The molecule has 2 N–H and O–H groups in total. The average molecular weight is 264 g/mol. The zero-order valence-corrected chi connectivity index (χ0v) is 11.0. The van der Waals surface area contributed by atoms with Gasteiger partial charge in [0.05, 0.1) is 6.54 Å². The van der Waals surface area contributed by atoms with Crippen molar-refractivity contribution in [3.63, 3.8) is 0 Å². The van der Waals surface area contributed by atoms with Crippen LogP contribution in [0.25, 0.3) is 0 Å². The number of imide groups is 1. The van der Waals surface area contributed by atoms with Crippen LogP contribution in [0.4, 0.5) is 4.39 Å². The molecule has 0 radical (unpaired) electrons. The average Bonchev–Trinajstić information content (AvgIpc) is 2.56. The number of rotatable bonds is 3. The molecule has 1 heterocycles. The number of hydrogen-bond donors (Lipinski definition) is 1. The van der Waals surface area contributed by atoms with E-state index in [-0.39, 0.29) is 36.7 Å². The standard InChI is InChI=1S/C14H17FN2O2/c1-8-9(2)14(19)17(13(8)18)7-11-3-10(6-16)4-12(15)5-11/h3-5,8-9H,6-7,16H2,1-2H3. The highest BCUT2D eigenvalue weighted by molar-refractivity contribution is 6.04. The summed E-state index contributed by atoms with van der Waals surface area (Å²) in [5.41, 5.74) is 6.72. The summed E-state index contributed by atoms with van der Waals surface area (Å²) >= 11 is 0. The van der Waals surface area contributed by atoms with Crippen LogP contribution in [0.15, 0.2) is 18.2 Å². The Balaban J connectivity index is 2.24. The fraction of sp³-hybridized carbons (Fsp3) is 0.429. The summed E-state index contributed by atoms with van der Waals surface area (Å²) in [5.74, 6) is -1.42. The Morgan fingerprint density at radius 1 is 1.11 bits per heavy atom. The summed E-state index contributed by atoms with van der Waals surface area (Å²) in [5, 5.41) is 0. The molecule has 1 saturated heterocycles. The van der Waals surface area contributed by atoms with E-state index in [1.54, 1.807) is 19.9 Å². The van der Waals surface area contributed by atoms with Crippen molar-refractivity contribution in [1.82, 2.24) is 4.90 Å². The van der Waals surface area contributed by atoms with E-state index in [1.165, 1.54) is 17.0 Å². The van der Waals surface area contributed by atoms with Crippen molar-refractivity contribution in [3.8, 4) is 0 Å². The summed E-state index contributed by atoms with van der Waals surface area (Å²) in [4.78, 5) is 25.1. The first-order valence-electron chi connectivity index (χ1n) is 6.27. The lowest BCUT2D eigenvalue weighted by Crippen LogP contribution is -2.30. The molecular weight excluding hydrogens is 247 g/mol. The third kappa shape index (κ3) is 2.51. The van der Waals surface area contributed by atoms with Crippen molar-refractivity contribution in [3.05, 3.63) is 35.1 Å². The molecule has 1 fully saturated rings. The second kappa shape index (κ2) is 5.09. The van der Waals surface area contributed by atoms with Crippen LogP contribution >= 0.6 is 0 Å². The number of carbonyl (C=O) groups is 2. The van der Waals surface area contributed by atoms with Gasteiger partial charge >= 0.3 is 0 Å². The third-order valence-corrected chi connectivity index (χ3v) is 3.65. The molecule has 2 unspecified atom stereocenters. The molecular formula is C14H17FN2O2. The van der Waals surface area contributed by atoms with Gasteiger partial charge in [-0.2, -0.15) is 0 Å². The van der Waals surface area contributed by atoms with Gasteiger partial charge in [0.25, 0.3) is 0 Å². The zero-order chi connectivity index (χ0) is 14.2. The monoisotopic (exact) mass is 264 g/mol. The first-order valence-corrected chi connectivity index (χ1v) is 6.27. The number of benzene rings is 1. The molecule has 2 rings (SSSR count). The molecule has 0 aromatic heterocycles. The van der Waals surface area contributed by atoms with Crippen LogP contribution < -0.4 is 5.73 Å². The van der Waals surface area contributed by atoms with E-state index in [0.717, 1.165) is 0 Å². The van der Waals surface area contributed by atoms with Gasteiger partial charge < -0.3 is 5.73 Å². The zero-order valence-electron chi connectivity index (χ0n) is 11.0. The Morgan fingerprint density at radius 3 is 2.16 bits per heavy atom. The highest BCUT2D eigenvalue weighted by atomic mass is 19.1. The summed E-state index contributed by atoms with van der Waals surface area (Å²) in [6.07, 6.45) is 0. The van der Waals surface area contributed by atoms with E-state index in [9.17, 15) is 14.0 Å². The van der Waals surface area contributed by atoms with E-state index < -0.39 is 5.82 Å². The van der Waals surface area contributed by atoms with Gasteiger partial charge in [-0.25, -0.2) is 4.39 Å². The summed E-state index contributed by atoms with van der Waals surface area (Å²) < 4.78 is 13.4. The van der Waals surface area contributed by atoms with Crippen LogP contribution in [0.5, 0.6) is 0 Å². The Hall–Kier alpha value is -1.75. The fourth-order valence-corrected chi connectivity index (χ4v) is 2.29. The lowest BCUT2D eigenvalue weighted by molar-refractivity contribution is -0.140. The molecule has 0 bridgehead atoms. The van der Waals surface area contributed by atoms with Gasteiger partial charge in [-0.3, -0.25) is 14.5 Å². The van der Waals surface area contributed by atoms with E-state index in [4.69, 9.17) is 5.73 Å². The van der Waals surface area contributed by atoms with Gasteiger partial charge in [-0.05, 0) is 23.3 Å². The summed E-state index contributed by atoms with van der Waals surface area (Å²) in [6.45, 7) is 3.81. The van der Waals surface area contributed by atoms with Crippen LogP contribution in [-0.4, -0.2) is 16.7 Å². The minimum atomic E-state index is -0.404. The quantitative estimate of drug-likeness (QED) is 0.840. The smallest absolute Gasteiger partial charge is 0.233 e. The van der Waals surface area contributed by atoms with E-state index in [0.29, 0.717) is 11.1 Å². The maximum atomic E-state index is 13.4. The SMILES string of the molecule is CC1C(=O)N(Cc2cc(F)cc(CN)c2)C(=O)C1C. The van der Waals surface area contributed by atoms with Crippen molar-refractivity contribution in [2.24, 2.45) is 17.6 Å². The van der Waals surface area contributed by atoms with Crippen molar-refractivity contribution in [1.29, 1.82) is 0 Å². The maximum absolute atomic E-state index is 13.4. The van der Waals surface area contributed by atoms with Crippen LogP contribution in [0.3, 0.4) is 0 Å². The van der Waals surface area contributed by atoms with Crippen LogP contribution in [0, 0.1) is 17.7 Å². The van der Waals surface area contributed by atoms with Crippen molar-refractivity contribution >= 4 is 11.8 Å². The van der Waals surface area contributed by atoms with E-state index in [1.807, 2.05) is 0 Å². The molecule has 0 spiro atoms. The molecule has 2 amide bonds. The highest BCUT2D eigenvalue weighted by Crippen LogP contribution is 2.27. The molecule has 2 atom stereocenters. The van der Waals surface area contributed by atoms with Crippen molar-refractivity contribution in [2.75, 3.05) is 0 Å². The van der Waals surface area contributed by atoms with Crippen LogP contribution in [0.1, 0.15) is 25.0 Å². The molecule has 4 nitrogen and oxygen atoms in total. The highest BCUT2D eigenvalue weighted by Gasteiger charge is 2.41. The Labute approximate surface area is 111 Å². The molecule has 19 heavy (non-hydrogen) atoms. The third-order valence-electron chi connectivity index (χ3n) is 3.65. The number of likely N-dealkylation sites (tertiary alicyclic amines) is 1. The Morgan fingerprint density at radius 2 is 1.63 bits per heavy atom. The summed E-state index contributed by atoms with van der Waals surface area (Å²) in [6, 6.07) is 4.40. The van der Waals surface area contributed by atoms with Gasteiger partial charge in [0.1, 0.15) is 5.82 Å². The van der Waals surface area contributed by atoms with Crippen LogP contribution in [0.2, 0.25) is 0 Å². The second-order valence-electron chi connectivity index (χ2n) is 5.01. The first-order chi connectivity index (χ1) is 8.93. The molecule has 1 aliphatic heterocycles. The van der Waals surface area contributed by atoms with Gasteiger partial charge in [0.2, 0.25) is 11.8 Å². The summed E-state index contributed by atoms with van der Waals surface area (Å²) in [7, 11) is 0. The first kappa shape index (κ1) is 13.7. The minimum Gasteiger partial charge on any atom is -0.326 e. The van der Waals surface area contributed by atoms with Gasteiger partial charge in [-0.15, -0.1) is 0 Å². The molecule has 0 aliphatic carbocycles. The normalized spacial score (nSPS) is 23.3. The van der Waals surface area contributed by atoms with Crippen molar-refractivity contribution in [2.45, 2.75) is 26.9 Å². The number of amides is 2. The molecule has 1 aromatic rings. The topological polar surface area (TPSA) is 63.4 Å². The largest absolute Gasteiger partial charge is 0.326 e. The number of nitrogens with zero attached hydrogens (tertiary/aromatic N) is 1. The molecule has 0 saturated carbocycles. The molecule has 1 aliphatic rings. The minimum absolute atomic E-state index is 0.108. The molecule has 102 valence electrons. The van der Waals surface area contributed by atoms with Gasteiger partial charge in [0.15, 0.2) is 0 Å². The predicted molar refractivity (Wildman–Crippen MR) is 68.2 cm³/mol. The van der Waals surface area contributed by atoms with E-state index >= 15 is 0 Å². The lowest BCUT2D eigenvalue weighted by Gasteiger charge is -2.15. The Kier molecular flexibility index (Phi) is 3.66. The van der Waals surface area contributed by atoms with Gasteiger partial charge in [-0.1, -0.05) is 19.9 Å². The second-order valence-corrected chi connectivity index (χ2v) is 5.01. The van der Waals surface area contributed by atoms with E-state index in [2.05, 4.69) is 0 Å². The van der Waals surface area contributed by atoms with Gasteiger partial charge in [0, 0.05) is 18.4 Å². The fourth-order valence-electron chi connectivity index (χ4n) is 2.29. The lowest BCUT2D eigenvalue weighted by atomic mass is 10.00.